The average molecular weight is 263 g/mol. The smallest absolute Gasteiger partial charge is 0.230 e. The van der Waals surface area contributed by atoms with Gasteiger partial charge >= 0.3 is 0 Å². The van der Waals surface area contributed by atoms with Gasteiger partial charge in [-0.2, -0.15) is 0 Å². The molecule has 0 bridgehead atoms. The molecule has 0 saturated carbocycles. The quantitative estimate of drug-likeness (QED) is 0.924. The summed E-state index contributed by atoms with van der Waals surface area (Å²) in [5.41, 5.74) is 0.129. The summed E-state index contributed by atoms with van der Waals surface area (Å²) in [5, 5.41) is 2.52. The van der Waals surface area contributed by atoms with Gasteiger partial charge in [-0.3, -0.25) is 4.79 Å². The van der Waals surface area contributed by atoms with Crippen molar-refractivity contribution in [2.24, 2.45) is 0 Å². The molecule has 1 heterocycles. The van der Waals surface area contributed by atoms with Gasteiger partial charge in [-0.05, 0) is 24.6 Å². The molecule has 1 N–H and O–H groups in total. The van der Waals surface area contributed by atoms with Crippen LogP contribution in [0, 0.1) is 18.6 Å². The van der Waals surface area contributed by atoms with Crippen molar-refractivity contribution >= 4 is 11.7 Å². The molecule has 19 heavy (non-hydrogen) atoms. The van der Waals surface area contributed by atoms with Crippen molar-refractivity contribution in [3.8, 4) is 0 Å². The third-order valence-corrected chi connectivity index (χ3v) is 2.41. The highest BCUT2D eigenvalue weighted by Gasteiger charge is 2.10. The molecule has 1 aromatic heterocycles. The number of nitrogens with zero attached hydrogens (tertiary/aromatic N) is 2. The fourth-order valence-electron chi connectivity index (χ4n) is 1.55. The van der Waals surface area contributed by atoms with Crippen molar-refractivity contribution in [1.29, 1.82) is 0 Å². The Hall–Kier alpha value is -2.37. The topological polar surface area (TPSA) is 54.9 Å². The lowest BCUT2D eigenvalue weighted by Gasteiger charge is -2.05. The molecule has 0 aliphatic rings. The van der Waals surface area contributed by atoms with Crippen molar-refractivity contribution in [2.45, 2.75) is 13.3 Å². The molecule has 0 saturated heterocycles. The predicted molar refractivity (Wildman–Crippen MR) is 65.5 cm³/mol. The molecule has 1 amide bonds. The summed E-state index contributed by atoms with van der Waals surface area (Å²) in [5.74, 6) is -0.975. The number of anilines is 1. The summed E-state index contributed by atoms with van der Waals surface area (Å²) in [4.78, 5) is 19.6. The van der Waals surface area contributed by atoms with Gasteiger partial charge in [0.15, 0.2) is 0 Å². The summed E-state index contributed by atoms with van der Waals surface area (Å²) in [7, 11) is 0. The molecule has 6 heteroatoms. The highest BCUT2D eigenvalue weighted by molar-refractivity contribution is 5.91. The molecule has 2 aromatic rings. The van der Waals surface area contributed by atoms with E-state index in [1.807, 2.05) is 0 Å². The van der Waals surface area contributed by atoms with Gasteiger partial charge in [0.2, 0.25) is 5.91 Å². The Morgan fingerprint density at radius 2 is 2.11 bits per heavy atom. The Labute approximate surface area is 108 Å². The molecule has 0 aliphatic heterocycles. The fourth-order valence-corrected chi connectivity index (χ4v) is 1.55. The number of aryl methyl sites for hydroxylation is 1. The normalized spacial score (nSPS) is 10.3. The number of carbonyl (C=O) groups is 1. The van der Waals surface area contributed by atoms with E-state index in [1.54, 1.807) is 6.92 Å². The lowest BCUT2D eigenvalue weighted by atomic mass is 10.1. The van der Waals surface area contributed by atoms with Crippen LogP contribution in [-0.4, -0.2) is 15.9 Å². The zero-order valence-corrected chi connectivity index (χ0v) is 10.2. The lowest BCUT2D eigenvalue weighted by molar-refractivity contribution is -0.115. The molecular weight excluding hydrogens is 252 g/mol. The van der Waals surface area contributed by atoms with E-state index in [4.69, 9.17) is 0 Å². The minimum Gasteiger partial charge on any atom is -0.310 e. The van der Waals surface area contributed by atoms with E-state index in [9.17, 15) is 13.6 Å². The van der Waals surface area contributed by atoms with Crippen molar-refractivity contribution in [2.75, 3.05) is 5.32 Å². The van der Waals surface area contributed by atoms with Crippen LogP contribution in [0.15, 0.2) is 30.5 Å². The second-order valence-corrected chi connectivity index (χ2v) is 3.95. The number of rotatable bonds is 3. The van der Waals surface area contributed by atoms with Crippen molar-refractivity contribution in [3.05, 3.63) is 53.5 Å². The Bertz CT molecular complexity index is 617. The van der Waals surface area contributed by atoms with Crippen LogP contribution >= 0.6 is 0 Å². The van der Waals surface area contributed by atoms with Gasteiger partial charge in [-0.25, -0.2) is 18.7 Å². The molecule has 1 aromatic carbocycles. The molecular formula is C13H11F2N3O. The highest BCUT2D eigenvalue weighted by Crippen LogP contribution is 2.11. The number of benzene rings is 1. The van der Waals surface area contributed by atoms with Gasteiger partial charge in [0.25, 0.3) is 0 Å². The van der Waals surface area contributed by atoms with Crippen LogP contribution < -0.4 is 5.32 Å². The van der Waals surface area contributed by atoms with Crippen LogP contribution in [0.2, 0.25) is 0 Å². The minimum atomic E-state index is -0.742. The second kappa shape index (κ2) is 5.51. The van der Waals surface area contributed by atoms with Crippen LogP contribution in [0.4, 0.5) is 14.6 Å². The summed E-state index contributed by atoms with van der Waals surface area (Å²) < 4.78 is 26.1. The largest absolute Gasteiger partial charge is 0.310 e. The van der Waals surface area contributed by atoms with Crippen LogP contribution in [0.3, 0.4) is 0 Å². The maximum atomic E-state index is 13.4. The van der Waals surface area contributed by atoms with Gasteiger partial charge in [0.1, 0.15) is 23.3 Å². The Balaban J connectivity index is 2.05. The van der Waals surface area contributed by atoms with Gasteiger partial charge in [-0.15, -0.1) is 0 Å². The first kappa shape index (κ1) is 13.1. The summed E-state index contributed by atoms with van der Waals surface area (Å²) >= 11 is 0. The Morgan fingerprint density at radius 1 is 1.32 bits per heavy atom. The molecule has 0 atom stereocenters. The first-order valence-electron chi connectivity index (χ1n) is 5.58. The highest BCUT2D eigenvalue weighted by atomic mass is 19.1. The Kier molecular flexibility index (Phi) is 3.79. The van der Waals surface area contributed by atoms with E-state index >= 15 is 0 Å². The molecule has 0 aliphatic carbocycles. The second-order valence-electron chi connectivity index (χ2n) is 3.95. The van der Waals surface area contributed by atoms with Crippen LogP contribution in [0.5, 0.6) is 0 Å². The zero-order chi connectivity index (χ0) is 13.8. The van der Waals surface area contributed by atoms with Crippen molar-refractivity contribution in [3.63, 3.8) is 0 Å². The summed E-state index contributed by atoms with van der Waals surface area (Å²) in [6.45, 7) is 1.69. The van der Waals surface area contributed by atoms with Crippen molar-refractivity contribution in [1.82, 2.24) is 9.97 Å². The number of amides is 1. The minimum absolute atomic E-state index is 0.129. The van der Waals surface area contributed by atoms with Crippen molar-refractivity contribution < 1.29 is 13.6 Å². The van der Waals surface area contributed by atoms with Crippen LogP contribution in [0.1, 0.15) is 11.4 Å². The van der Waals surface area contributed by atoms with E-state index in [2.05, 4.69) is 15.3 Å². The molecule has 0 radical (unpaired) electrons. The van der Waals surface area contributed by atoms with Crippen LogP contribution in [-0.2, 0) is 11.2 Å². The van der Waals surface area contributed by atoms with E-state index in [1.165, 1.54) is 18.3 Å². The SMILES string of the molecule is Cc1nccc(NC(=O)Cc2ccc(F)cc2F)n1. The predicted octanol–water partition coefficient (Wildman–Crippen LogP) is 2.24. The van der Waals surface area contributed by atoms with E-state index in [0.29, 0.717) is 11.6 Å². The first-order chi connectivity index (χ1) is 9.04. The summed E-state index contributed by atoms with van der Waals surface area (Å²) in [6.07, 6.45) is 1.32. The van der Waals surface area contributed by atoms with Gasteiger partial charge < -0.3 is 5.32 Å². The fraction of sp³-hybridized carbons (Fsp3) is 0.154. The van der Waals surface area contributed by atoms with Gasteiger partial charge in [0.05, 0.1) is 6.42 Å². The number of hydrogen-bond donors (Lipinski definition) is 1. The molecule has 0 spiro atoms. The lowest BCUT2D eigenvalue weighted by Crippen LogP contribution is -2.16. The third-order valence-electron chi connectivity index (χ3n) is 2.41. The number of nitrogens with one attached hydrogen (secondary N) is 1. The maximum absolute atomic E-state index is 13.4. The van der Waals surface area contributed by atoms with E-state index in [-0.39, 0.29) is 12.0 Å². The van der Waals surface area contributed by atoms with Gasteiger partial charge in [-0.1, -0.05) is 6.07 Å². The zero-order valence-electron chi connectivity index (χ0n) is 10.2. The monoisotopic (exact) mass is 263 g/mol. The summed E-state index contributed by atoms with van der Waals surface area (Å²) in [6, 6.07) is 4.64. The molecule has 0 fully saturated rings. The Morgan fingerprint density at radius 3 is 2.79 bits per heavy atom. The average Bonchev–Trinajstić information content (AvgIpc) is 2.33. The molecule has 2 rings (SSSR count). The first-order valence-corrected chi connectivity index (χ1v) is 5.58. The van der Waals surface area contributed by atoms with Crippen LogP contribution in [0.25, 0.3) is 0 Å². The molecule has 4 nitrogen and oxygen atoms in total. The number of carbonyl (C=O) groups excluding carboxylic acids is 1. The molecule has 98 valence electrons. The number of halogens is 2. The van der Waals surface area contributed by atoms with Gasteiger partial charge in [0, 0.05) is 12.3 Å². The third kappa shape index (κ3) is 3.54. The number of aromatic nitrogens is 2. The van der Waals surface area contributed by atoms with E-state index < -0.39 is 17.5 Å². The molecule has 0 unspecified atom stereocenters. The standard InChI is InChI=1S/C13H11F2N3O/c1-8-16-5-4-12(17-8)18-13(19)6-9-2-3-10(14)7-11(9)15/h2-5,7H,6H2,1H3,(H,16,17,18,19). The number of hydrogen-bond acceptors (Lipinski definition) is 3. The maximum Gasteiger partial charge on any atom is 0.230 e. The van der Waals surface area contributed by atoms with E-state index in [0.717, 1.165) is 12.1 Å².